The fourth-order valence-corrected chi connectivity index (χ4v) is 3.15. The molecule has 0 amide bonds. The van der Waals surface area contributed by atoms with Gasteiger partial charge in [0.15, 0.2) is 0 Å². The van der Waals surface area contributed by atoms with Gasteiger partial charge in [-0.2, -0.15) is 0 Å². The first-order chi connectivity index (χ1) is 17.1. The van der Waals surface area contributed by atoms with E-state index in [-0.39, 0.29) is 13.0 Å². The molecule has 0 atom stereocenters. The summed E-state index contributed by atoms with van der Waals surface area (Å²) in [5, 5.41) is 7.99. The quantitative estimate of drug-likeness (QED) is 0.216. The average Bonchev–Trinajstić information content (AvgIpc) is 2.91. The first kappa shape index (κ1) is 25.3. The summed E-state index contributed by atoms with van der Waals surface area (Å²) in [6, 6.07) is 24.7. The summed E-state index contributed by atoms with van der Waals surface area (Å²) < 4.78 is 16.5. The maximum absolute atomic E-state index is 11.6. The monoisotopic (exact) mass is 476 g/mol. The largest absolute Gasteiger partial charge is 0.489 e. The Kier molecular flexibility index (Phi) is 9.68. The van der Waals surface area contributed by atoms with Crippen LogP contribution in [0, 0.1) is 0 Å². The van der Waals surface area contributed by atoms with Gasteiger partial charge in [0.2, 0.25) is 0 Å². The highest BCUT2D eigenvalue weighted by atomic mass is 16.6. The van der Waals surface area contributed by atoms with Gasteiger partial charge < -0.3 is 23.9 Å². The number of nitrogens with zero attached hydrogens (tertiary/aromatic N) is 2. The third-order valence-corrected chi connectivity index (χ3v) is 4.94. The van der Waals surface area contributed by atoms with Crippen LogP contribution in [-0.2, 0) is 25.8 Å². The van der Waals surface area contributed by atoms with Gasteiger partial charge in [-0.25, -0.2) is 0 Å². The summed E-state index contributed by atoms with van der Waals surface area (Å²) in [5.41, 5.74) is 3.86. The maximum atomic E-state index is 11.6. The van der Waals surface area contributed by atoms with E-state index in [1.165, 1.54) is 21.3 Å². The third kappa shape index (κ3) is 7.89. The van der Waals surface area contributed by atoms with Crippen LogP contribution in [0.25, 0.3) is 0 Å². The van der Waals surface area contributed by atoms with Crippen LogP contribution >= 0.6 is 0 Å². The smallest absolute Gasteiger partial charge is 0.311 e. The Labute approximate surface area is 204 Å². The van der Waals surface area contributed by atoms with Gasteiger partial charge in [0.1, 0.15) is 44.6 Å². The van der Waals surface area contributed by atoms with Crippen molar-refractivity contribution in [2.24, 2.45) is 10.3 Å². The first-order valence-electron chi connectivity index (χ1n) is 10.9. The fraction of sp³-hybridized carbons (Fsp3) is 0.222. The lowest BCUT2D eigenvalue weighted by molar-refractivity contribution is -0.139. The first-order valence-corrected chi connectivity index (χ1v) is 10.9. The van der Waals surface area contributed by atoms with Crippen LogP contribution in [0.1, 0.15) is 23.1 Å². The van der Waals surface area contributed by atoms with Crippen molar-refractivity contribution in [3.8, 4) is 11.5 Å². The van der Waals surface area contributed by atoms with Gasteiger partial charge >= 0.3 is 5.97 Å². The van der Waals surface area contributed by atoms with Crippen LogP contribution < -0.4 is 9.47 Å². The van der Waals surface area contributed by atoms with Crippen molar-refractivity contribution in [1.82, 2.24) is 0 Å². The summed E-state index contributed by atoms with van der Waals surface area (Å²) in [6.07, 6.45) is 0.0170. The van der Waals surface area contributed by atoms with Gasteiger partial charge in [-0.3, -0.25) is 4.79 Å². The van der Waals surface area contributed by atoms with E-state index in [4.69, 9.17) is 23.9 Å². The molecular weight excluding hydrogens is 448 g/mol. The fourth-order valence-electron chi connectivity index (χ4n) is 3.15. The van der Waals surface area contributed by atoms with Crippen LogP contribution in [-0.4, -0.2) is 45.3 Å². The molecule has 0 bridgehead atoms. The summed E-state index contributed by atoms with van der Waals surface area (Å²) in [5.74, 6) is 1.01. The molecule has 8 nitrogen and oxygen atoms in total. The van der Waals surface area contributed by atoms with E-state index < -0.39 is 5.97 Å². The van der Waals surface area contributed by atoms with Crippen LogP contribution in [0.15, 0.2) is 89.2 Å². The number of esters is 1. The standard InChI is InChI=1S/C27H28N2O6/c1-31-27(30)17-25(28-32-2)22-11-15-24(16-12-22)34-18-20-9-13-23(14-10-20)35-19-26(29-33-3)21-7-5-4-6-8-21/h4-16H,17-19H2,1-3H3/b28-25-,29-26+. The Morgan fingerprint density at radius 3 is 1.89 bits per heavy atom. The Morgan fingerprint density at radius 2 is 1.26 bits per heavy atom. The number of oxime groups is 2. The molecule has 8 heteroatoms. The molecule has 0 N–H and O–H groups in total. The number of benzene rings is 3. The van der Waals surface area contributed by atoms with E-state index in [1.807, 2.05) is 78.9 Å². The minimum atomic E-state index is -0.393. The van der Waals surface area contributed by atoms with Gasteiger partial charge in [0, 0.05) is 11.1 Å². The lowest BCUT2D eigenvalue weighted by Crippen LogP contribution is -2.13. The SMILES string of the molecule is CO/N=C(\COc1ccc(COc2ccc(/C(CC(=O)OC)=N\OC)cc2)cc1)c1ccccc1. The lowest BCUT2D eigenvalue weighted by Gasteiger charge is -2.11. The highest BCUT2D eigenvalue weighted by Gasteiger charge is 2.12. The molecule has 0 aromatic heterocycles. The van der Waals surface area contributed by atoms with Gasteiger partial charge in [-0.15, -0.1) is 0 Å². The Balaban J connectivity index is 1.54. The molecule has 0 heterocycles. The van der Waals surface area contributed by atoms with Crippen LogP contribution in [0.2, 0.25) is 0 Å². The molecule has 182 valence electrons. The molecule has 3 aromatic carbocycles. The van der Waals surface area contributed by atoms with Gasteiger partial charge in [0.05, 0.1) is 19.2 Å². The number of ether oxygens (including phenoxy) is 3. The molecule has 3 aromatic rings. The van der Waals surface area contributed by atoms with E-state index in [9.17, 15) is 4.79 Å². The molecule has 35 heavy (non-hydrogen) atoms. The molecule has 0 radical (unpaired) electrons. The molecule has 0 unspecified atom stereocenters. The van der Waals surface area contributed by atoms with Gasteiger partial charge in [-0.05, 0) is 42.0 Å². The average molecular weight is 477 g/mol. The van der Waals surface area contributed by atoms with Crippen molar-refractivity contribution in [2.75, 3.05) is 27.9 Å². The van der Waals surface area contributed by atoms with Gasteiger partial charge in [-0.1, -0.05) is 52.8 Å². The zero-order valence-electron chi connectivity index (χ0n) is 20.0. The summed E-state index contributed by atoms with van der Waals surface area (Å²) in [6.45, 7) is 0.672. The zero-order chi connectivity index (χ0) is 24.9. The second-order valence-corrected chi connectivity index (χ2v) is 7.31. The van der Waals surface area contributed by atoms with Crippen LogP contribution in [0.5, 0.6) is 11.5 Å². The highest BCUT2D eigenvalue weighted by molar-refractivity contribution is 6.09. The highest BCUT2D eigenvalue weighted by Crippen LogP contribution is 2.18. The van der Waals surface area contributed by atoms with E-state index in [2.05, 4.69) is 10.3 Å². The number of carbonyl (C=O) groups is 1. The van der Waals surface area contributed by atoms with Crippen LogP contribution in [0.3, 0.4) is 0 Å². The third-order valence-electron chi connectivity index (χ3n) is 4.94. The number of hydrogen-bond donors (Lipinski definition) is 0. The predicted molar refractivity (Wildman–Crippen MR) is 133 cm³/mol. The second-order valence-electron chi connectivity index (χ2n) is 7.31. The predicted octanol–water partition coefficient (Wildman–Crippen LogP) is 4.61. The van der Waals surface area contributed by atoms with Crippen molar-refractivity contribution in [3.63, 3.8) is 0 Å². The molecule has 0 saturated heterocycles. The summed E-state index contributed by atoms with van der Waals surface area (Å²) in [4.78, 5) is 21.4. The Hall–Kier alpha value is -4.33. The van der Waals surface area contributed by atoms with Crippen LogP contribution in [0.4, 0.5) is 0 Å². The summed E-state index contributed by atoms with van der Waals surface area (Å²) >= 11 is 0. The number of rotatable bonds is 12. The topological polar surface area (TPSA) is 87.9 Å². The molecule has 0 aliphatic carbocycles. The van der Waals surface area contributed by atoms with E-state index in [0.717, 1.165) is 16.7 Å². The molecule has 0 aliphatic rings. The van der Waals surface area contributed by atoms with Crippen molar-refractivity contribution in [1.29, 1.82) is 0 Å². The number of methoxy groups -OCH3 is 1. The molecule has 0 aliphatic heterocycles. The second kappa shape index (κ2) is 13.4. The van der Waals surface area contributed by atoms with E-state index in [0.29, 0.717) is 29.5 Å². The number of carbonyl (C=O) groups excluding carboxylic acids is 1. The molecule has 3 rings (SSSR count). The van der Waals surface area contributed by atoms with Gasteiger partial charge in [0.25, 0.3) is 0 Å². The minimum Gasteiger partial charge on any atom is -0.489 e. The molecule has 0 spiro atoms. The number of hydrogen-bond acceptors (Lipinski definition) is 8. The lowest BCUT2D eigenvalue weighted by atomic mass is 10.1. The van der Waals surface area contributed by atoms with Crippen molar-refractivity contribution < 1.29 is 28.7 Å². The van der Waals surface area contributed by atoms with E-state index >= 15 is 0 Å². The maximum Gasteiger partial charge on any atom is 0.311 e. The van der Waals surface area contributed by atoms with Crippen molar-refractivity contribution >= 4 is 17.4 Å². The molecular formula is C27H28N2O6. The normalized spacial score (nSPS) is 11.5. The summed E-state index contributed by atoms with van der Waals surface area (Å²) in [7, 11) is 4.28. The Morgan fingerprint density at radius 1 is 0.686 bits per heavy atom. The molecule has 0 saturated carbocycles. The van der Waals surface area contributed by atoms with Crippen molar-refractivity contribution in [2.45, 2.75) is 13.0 Å². The van der Waals surface area contributed by atoms with E-state index in [1.54, 1.807) is 0 Å². The zero-order valence-corrected chi connectivity index (χ0v) is 20.0. The molecule has 0 fully saturated rings. The Bertz CT molecular complexity index is 1130. The minimum absolute atomic E-state index is 0.0170. The van der Waals surface area contributed by atoms with Crippen molar-refractivity contribution in [3.05, 3.63) is 95.6 Å².